The number of nitrogens with zero attached hydrogens (tertiary/aromatic N) is 2. The number of nitrogens with two attached hydrogens (primary N) is 1. The number of aryl methyl sites for hydroxylation is 2. The number of H-pyrrole nitrogens is 1. The zero-order valence-electron chi connectivity index (χ0n) is 15.4. The fourth-order valence-electron chi connectivity index (χ4n) is 3.28. The predicted molar refractivity (Wildman–Crippen MR) is 106 cm³/mol. The first-order valence-electron chi connectivity index (χ1n) is 9.44. The number of hydrogen-bond acceptors (Lipinski definition) is 4. The van der Waals surface area contributed by atoms with Crippen LogP contribution in [0.4, 0.5) is 5.82 Å². The van der Waals surface area contributed by atoms with Gasteiger partial charge in [-0.05, 0) is 57.0 Å². The van der Waals surface area contributed by atoms with Gasteiger partial charge in [0, 0.05) is 11.8 Å². The van der Waals surface area contributed by atoms with Crippen molar-refractivity contribution in [2.45, 2.75) is 51.9 Å². The monoisotopic (exact) mass is 339 g/mol. The summed E-state index contributed by atoms with van der Waals surface area (Å²) in [6.45, 7) is 3.28. The molecule has 0 atom stereocenters. The van der Waals surface area contributed by atoms with Crippen LogP contribution in [0.15, 0.2) is 18.2 Å². The molecule has 0 radical (unpaired) electrons. The number of imidazole rings is 1. The summed E-state index contributed by atoms with van der Waals surface area (Å²) in [5, 5.41) is 4.31. The van der Waals surface area contributed by atoms with Crippen molar-refractivity contribution in [3.8, 4) is 0 Å². The van der Waals surface area contributed by atoms with Crippen molar-refractivity contribution in [2.24, 2.45) is 0 Å². The summed E-state index contributed by atoms with van der Waals surface area (Å²) in [7, 11) is 2.01. The molecule has 0 aliphatic carbocycles. The van der Waals surface area contributed by atoms with Gasteiger partial charge in [-0.3, -0.25) is 0 Å². The van der Waals surface area contributed by atoms with E-state index in [4.69, 9.17) is 10.7 Å². The third kappa shape index (κ3) is 4.10. The van der Waals surface area contributed by atoms with E-state index in [1.807, 2.05) is 7.05 Å². The van der Waals surface area contributed by atoms with Gasteiger partial charge < -0.3 is 16.0 Å². The maximum atomic E-state index is 6.14. The first kappa shape index (κ1) is 17.7. The SMILES string of the molecule is CCCCc1nc2c([nH]1)c(N)nc1ccc(CCCCCNC)cc12. The first-order chi connectivity index (χ1) is 12.2. The molecule has 0 unspecified atom stereocenters. The highest BCUT2D eigenvalue weighted by Gasteiger charge is 2.12. The number of benzene rings is 1. The standard InChI is InChI=1S/C20H29N5/c1-3-4-9-17-24-18-15-13-14(8-6-5-7-12-22-2)10-11-16(15)23-20(21)19(18)25-17/h10-11,13,22H,3-9,12H2,1-2H3,(H2,21,23)(H,24,25). The van der Waals surface area contributed by atoms with Gasteiger partial charge in [0.1, 0.15) is 22.7 Å². The number of aromatic nitrogens is 3. The van der Waals surface area contributed by atoms with Crippen molar-refractivity contribution < 1.29 is 0 Å². The maximum Gasteiger partial charge on any atom is 0.150 e. The number of pyridine rings is 1. The van der Waals surface area contributed by atoms with Crippen LogP contribution < -0.4 is 11.1 Å². The molecule has 3 aromatic rings. The molecule has 4 N–H and O–H groups in total. The third-order valence-electron chi connectivity index (χ3n) is 4.73. The molecule has 0 amide bonds. The Bertz CT molecular complexity index is 837. The topological polar surface area (TPSA) is 79.6 Å². The fourth-order valence-corrected chi connectivity index (χ4v) is 3.28. The highest BCUT2D eigenvalue weighted by Crippen LogP contribution is 2.27. The Balaban J connectivity index is 1.87. The molecule has 2 heterocycles. The van der Waals surface area contributed by atoms with Crippen molar-refractivity contribution >= 4 is 27.8 Å². The number of nitrogens with one attached hydrogen (secondary N) is 2. The van der Waals surface area contributed by atoms with E-state index in [9.17, 15) is 0 Å². The molecule has 0 fully saturated rings. The highest BCUT2D eigenvalue weighted by atomic mass is 15.0. The lowest BCUT2D eigenvalue weighted by Gasteiger charge is -2.06. The van der Waals surface area contributed by atoms with Crippen molar-refractivity contribution in [2.75, 3.05) is 19.3 Å². The molecule has 5 heteroatoms. The molecule has 1 aromatic carbocycles. The van der Waals surface area contributed by atoms with Crippen molar-refractivity contribution in [3.63, 3.8) is 0 Å². The fraction of sp³-hybridized carbons (Fsp3) is 0.500. The van der Waals surface area contributed by atoms with E-state index in [1.54, 1.807) is 0 Å². The second kappa shape index (κ2) is 8.30. The zero-order chi connectivity index (χ0) is 17.6. The quantitative estimate of drug-likeness (QED) is 0.515. The van der Waals surface area contributed by atoms with E-state index in [-0.39, 0.29) is 0 Å². The minimum Gasteiger partial charge on any atom is -0.382 e. The molecule has 134 valence electrons. The average Bonchev–Trinajstić information content (AvgIpc) is 3.05. The van der Waals surface area contributed by atoms with Crippen molar-refractivity contribution in [1.82, 2.24) is 20.3 Å². The van der Waals surface area contributed by atoms with E-state index in [2.05, 4.69) is 40.4 Å². The largest absolute Gasteiger partial charge is 0.382 e. The smallest absolute Gasteiger partial charge is 0.150 e. The molecule has 5 nitrogen and oxygen atoms in total. The lowest BCUT2D eigenvalue weighted by Crippen LogP contribution is -2.07. The molecule has 0 bridgehead atoms. The molecular weight excluding hydrogens is 310 g/mol. The second-order valence-electron chi connectivity index (χ2n) is 6.77. The number of fused-ring (bicyclic) bond motifs is 3. The maximum absolute atomic E-state index is 6.14. The summed E-state index contributed by atoms with van der Waals surface area (Å²) in [5.74, 6) is 1.55. The molecule has 0 aliphatic rings. The summed E-state index contributed by atoms with van der Waals surface area (Å²) in [4.78, 5) is 12.7. The van der Waals surface area contributed by atoms with Crippen LogP contribution in [0, 0.1) is 0 Å². The Labute approximate surface area is 149 Å². The van der Waals surface area contributed by atoms with E-state index in [1.165, 1.54) is 24.8 Å². The van der Waals surface area contributed by atoms with E-state index in [0.29, 0.717) is 5.82 Å². The molecule has 3 rings (SSSR count). The number of hydrogen-bond donors (Lipinski definition) is 3. The van der Waals surface area contributed by atoms with E-state index in [0.717, 1.165) is 60.0 Å². The van der Waals surface area contributed by atoms with Gasteiger partial charge >= 0.3 is 0 Å². The Hall–Kier alpha value is -2.14. The molecule has 0 saturated heterocycles. The number of unbranched alkanes of at least 4 members (excludes halogenated alkanes) is 3. The van der Waals surface area contributed by atoms with Crippen LogP contribution in [0.5, 0.6) is 0 Å². The van der Waals surface area contributed by atoms with Gasteiger partial charge in [0.05, 0.1) is 5.52 Å². The van der Waals surface area contributed by atoms with Gasteiger partial charge in [0.15, 0.2) is 0 Å². The van der Waals surface area contributed by atoms with Crippen LogP contribution in [0.2, 0.25) is 0 Å². The summed E-state index contributed by atoms with van der Waals surface area (Å²) < 4.78 is 0. The Morgan fingerprint density at radius 2 is 1.96 bits per heavy atom. The molecule has 2 aromatic heterocycles. The predicted octanol–water partition coefficient (Wildman–Crippen LogP) is 3.97. The zero-order valence-corrected chi connectivity index (χ0v) is 15.4. The van der Waals surface area contributed by atoms with Gasteiger partial charge in [-0.15, -0.1) is 0 Å². The second-order valence-corrected chi connectivity index (χ2v) is 6.77. The minimum atomic E-state index is 0.539. The molecule has 0 saturated carbocycles. The van der Waals surface area contributed by atoms with Crippen molar-refractivity contribution in [3.05, 3.63) is 29.6 Å². The van der Waals surface area contributed by atoms with Gasteiger partial charge in [0.25, 0.3) is 0 Å². The van der Waals surface area contributed by atoms with E-state index < -0.39 is 0 Å². The van der Waals surface area contributed by atoms with Gasteiger partial charge in [-0.2, -0.15) is 0 Å². The Kier molecular flexibility index (Phi) is 5.87. The lowest BCUT2D eigenvalue weighted by molar-refractivity contribution is 0.642. The molecule has 0 spiro atoms. The molecular formula is C20H29N5. The van der Waals surface area contributed by atoms with Crippen LogP contribution >= 0.6 is 0 Å². The summed E-state index contributed by atoms with van der Waals surface area (Å²) in [6.07, 6.45) is 8.02. The Morgan fingerprint density at radius 3 is 2.76 bits per heavy atom. The number of aromatic amines is 1. The van der Waals surface area contributed by atoms with Crippen LogP contribution in [-0.2, 0) is 12.8 Å². The van der Waals surface area contributed by atoms with Crippen LogP contribution in [0.3, 0.4) is 0 Å². The first-order valence-corrected chi connectivity index (χ1v) is 9.44. The summed E-state index contributed by atoms with van der Waals surface area (Å²) >= 11 is 0. The average molecular weight is 339 g/mol. The van der Waals surface area contributed by atoms with Gasteiger partial charge in [0.2, 0.25) is 0 Å². The number of anilines is 1. The molecule has 25 heavy (non-hydrogen) atoms. The van der Waals surface area contributed by atoms with Crippen LogP contribution in [0.1, 0.15) is 50.4 Å². The number of rotatable bonds is 9. The van der Waals surface area contributed by atoms with Gasteiger partial charge in [-0.1, -0.05) is 25.8 Å². The normalized spacial score (nSPS) is 11.6. The minimum absolute atomic E-state index is 0.539. The molecule has 0 aliphatic heterocycles. The van der Waals surface area contributed by atoms with Crippen LogP contribution in [-0.4, -0.2) is 28.5 Å². The lowest BCUT2D eigenvalue weighted by atomic mass is 10.0. The van der Waals surface area contributed by atoms with Gasteiger partial charge in [-0.25, -0.2) is 9.97 Å². The third-order valence-corrected chi connectivity index (χ3v) is 4.73. The van der Waals surface area contributed by atoms with Crippen LogP contribution in [0.25, 0.3) is 21.9 Å². The number of nitrogen functional groups attached to an aromatic ring is 1. The highest BCUT2D eigenvalue weighted by molar-refractivity contribution is 6.06. The van der Waals surface area contributed by atoms with E-state index >= 15 is 0 Å². The summed E-state index contributed by atoms with van der Waals surface area (Å²) in [6, 6.07) is 6.49. The summed E-state index contributed by atoms with van der Waals surface area (Å²) in [5.41, 5.74) is 10.3. The Morgan fingerprint density at radius 1 is 1.08 bits per heavy atom. The van der Waals surface area contributed by atoms with Crippen molar-refractivity contribution in [1.29, 1.82) is 0 Å².